The highest BCUT2D eigenvalue weighted by Gasteiger charge is 2.13. The number of carbonyl (C=O) groups excluding carboxylic acids is 1. The summed E-state index contributed by atoms with van der Waals surface area (Å²) in [6.07, 6.45) is -0.0359. The molecule has 0 fully saturated rings. The quantitative estimate of drug-likeness (QED) is 0.739. The molecular formula is C15H11Cl2FO. The van der Waals surface area contributed by atoms with Gasteiger partial charge in [-0.3, -0.25) is 4.79 Å². The van der Waals surface area contributed by atoms with Crippen LogP contribution in [0.3, 0.4) is 0 Å². The molecule has 0 unspecified atom stereocenters. The first kappa shape index (κ1) is 14.0. The summed E-state index contributed by atoms with van der Waals surface area (Å²) in [5.41, 5.74) is 1.65. The molecule has 0 saturated heterocycles. The molecule has 0 aliphatic rings. The molecule has 0 atom stereocenters. The highest BCUT2D eigenvalue weighted by atomic mass is 35.5. The number of hydrogen-bond donors (Lipinski definition) is 0. The third kappa shape index (κ3) is 3.14. The Kier molecular flexibility index (Phi) is 4.23. The lowest BCUT2D eigenvalue weighted by Crippen LogP contribution is -2.05. The van der Waals surface area contributed by atoms with E-state index in [0.717, 1.165) is 5.56 Å². The number of aryl methyl sites for hydroxylation is 1. The number of ketones is 1. The molecule has 0 N–H and O–H groups in total. The number of carbonyl (C=O) groups is 1. The van der Waals surface area contributed by atoms with Gasteiger partial charge in [0.15, 0.2) is 5.78 Å². The van der Waals surface area contributed by atoms with Crippen LogP contribution in [-0.4, -0.2) is 5.78 Å². The van der Waals surface area contributed by atoms with Crippen molar-refractivity contribution < 1.29 is 9.18 Å². The predicted octanol–water partition coefficient (Wildman–Crippen LogP) is 4.87. The lowest BCUT2D eigenvalue weighted by atomic mass is 10.0. The van der Waals surface area contributed by atoms with Gasteiger partial charge in [0.2, 0.25) is 0 Å². The molecule has 0 spiro atoms. The molecular weight excluding hydrogens is 286 g/mol. The number of halogens is 3. The Balaban J connectivity index is 2.26. The van der Waals surface area contributed by atoms with Gasteiger partial charge in [-0.1, -0.05) is 47.5 Å². The smallest absolute Gasteiger partial charge is 0.167 e. The van der Waals surface area contributed by atoms with E-state index in [1.165, 1.54) is 6.07 Å². The van der Waals surface area contributed by atoms with Crippen molar-refractivity contribution in [2.75, 3.05) is 0 Å². The minimum atomic E-state index is -0.546. The maximum absolute atomic E-state index is 13.7. The number of hydrogen-bond acceptors (Lipinski definition) is 1. The fraction of sp³-hybridized carbons (Fsp3) is 0.133. The molecule has 0 bridgehead atoms. The second kappa shape index (κ2) is 5.72. The summed E-state index contributed by atoms with van der Waals surface area (Å²) in [5, 5.41) is 0.546. The first-order chi connectivity index (χ1) is 8.99. The average molecular weight is 297 g/mol. The molecule has 98 valence electrons. The van der Waals surface area contributed by atoms with Crippen molar-refractivity contribution in [2.24, 2.45) is 0 Å². The first-order valence-corrected chi connectivity index (χ1v) is 6.47. The Labute approximate surface area is 121 Å². The van der Waals surface area contributed by atoms with Crippen LogP contribution in [0.1, 0.15) is 21.5 Å². The summed E-state index contributed by atoms with van der Waals surface area (Å²) in [6.45, 7) is 1.85. The molecule has 0 aliphatic carbocycles. The lowest BCUT2D eigenvalue weighted by molar-refractivity contribution is 0.0992. The van der Waals surface area contributed by atoms with Gasteiger partial charge >= 0.3 is 0 Å². The fourth-order valence-electron chi connectivity index (χ4n) is 1.73. The van der Waals surface area contributed by atoms with E-state index in [1.807, 2.05) is 6.92 Å². The zero-order valence-electron chi connectivity index (χ0n) is 10.2. The van der Waals surface area contributed by atoms with Gasteiger partial charge < -0.3 is 0 Å². The van der Waals surface area contributed by atoms with Crippen molar-refractivity contribution in [2.45, 2.75) is 13.3 Å². The average Bonchev–Trinajstić information content (AvgIpc) is 2.38. The summed E-state index contributed by atoms with van der Waals surface area (Å²) in [5.74, 6) is -0.737. The van der Waals surface area contributed by atoms with Crippen LogP contribution in [0.5, 0.6) is 0 Å². The van der Waals surface area contributed by atoms with E-state index < -0.39 is 5.82 Å². The summed E-state index contributed by atoms with van der Waals surface area (Å²) in [6, 6.07) is 9.68. The molecule has 19 heavy (non-hydrogen) atoms. The van der Waals surface area contributed by atoms with Crippen molar-refractivity contribution in [1.29, 1.82) is 0 Å². The molecule has 4 heteroatoms. The SMILES string of the molecule is Cc1ccc(C(=O)Cc2cccc(Cl)c2F)cc1Cl. The van der Waals surface area contributed by atoms with E-state index in [9.17, 15) is 9.18 Å². The molecule has 2 rings (SSSR count). The Hall–Kier alpha value is -1.38. The van der Waals surface area contributed by atoms with Gasteiger partial charge in [-0.15, -0.1) is 0 Å². The van der Waals surface area contributed by atoms with Crippen molar-refractivity contribution in [3.05, 3.63) is 69.0 Å². The van der Waals surface area contributed by atoms with Crippen LogP contribution < -0.4 is 0 Å². The molecule has 0 aliphatic heterocycles. The van der Waals surface area contributed by atoms with E-state index in [2.05, 4.69) is 0 Å². The summed E-state index contributed by atoms with van der Waals surface area (Å²) >= 11 is 11.7. The van der Waals surface area contributed by atoms with Crippen LogP contribution in [-0.2, 0) is 6.42 Å². The Bertz CT molecular complexity index is 638. The van der Waals surface area contributed by atoms with Crippen LogP contribution in [0.4, 0.5) is 4.39 Å². The molecule has 0 radical (unpaired) electrons. The van der Waals surface area contributed by atoms with E-state index in [4.69, 9.17) is 23.2 Å². The zero-order valence-corrected chi connectivity index (χ0v) is 11.7. The van der Waals surface area contributed by atoms with Crippen LogP contribution in [0.15, 0.2) is 36.4 Å². The maximum Gasteiger partial charge on any atom is 0.167 e. The van der Waals surface area contributed by atoms with E-state index >= 15 is 0 Å². The standard InChI is InChI=1S/C15H11Cl2FO/c1-9-5-6-10(7-13(9)17)14(19)8-11-3-2-4-12(16)15(11)18/h2-7H,8H2,1H3. The highest BCUT2D eigenvalue weighted by Crippen LogP contribution is 2.21. The third-order valence-electron chi connectivity index (χ3n) is 2.88. The maximum atomic E-state index is 13.7. The molecule has 0 saturated carbocycles. The number of Topliss-reactive ketones (excluding diaryl/α,β-unsaturated/α-hetero) is 1. The normalized spacial score (nSPS) is 10.5. The minimum absolute atomic E-state index is 0.0206. The largest absolute Gasteiger partial charge is 0.294 e. The second-order valence-electron chi connectivity index (χ2n) is 4.28. The second-order valence-corrected chi connectivity index (χ2v) is 5.09. The minimum Gasteiger partial charge on any atom is -0.294 e. The molecule has 1 nitrogen and oxygen atoms in total. The molecule has 0 heterocycles. The van der Waals surface area contributed by atoms with Gasteiger partial charge in [0.05, 0.1) is 5.02 Å². The predicted molar refractivity (Wildman–Crippen MR) is 75.6 cm³/mol. The van der Waals surface area contributed by atoms with Gasteiger partial charge in [-0.05, 0) is 30.2 Å². The number of benzene rings is 2. The van der Waals surface area contributed by atoms with Crippen LogP contribution in [0.25, 0.3) is 0 Å². The van der Waals surface area contributed by atoms with Crippen LogP contribution >= 0.6 is 23.2 Å². The topological polar surface area (TPSA) is 17.1 Å². The first-order valence-electron chi connectivity index (χ1n) is 5.71. The van der Waals surface area contributed by atoms with Gasteiger partial charge in [-0.25, -0.2) is 4.39 Å². The third-order valence-corrected chi connectivity index (χ3v) is 3.58. The summed E-state index contributed by atoms with van der Waals surface area (Å²) in [7, 11) is 0. The van der Waals surface area contributed by atoms with Crippen molar-refractivity contribution in [3.8, 4) is 0 Å². The monoisotopic (exact) mass is 296 g/mol. The van der Waals surface area contributed by atoms with Gasteiger partial charge in [-0.2, -0.15) is 0 Å². The van der Waals surface area contributed by atoms with E-state index in [0.29, 0.717) is 10.6 Å². The summed E-state index contributed by atoms with van der Waals surface area (Å²) < 4.78 is 13.7. The molecule has 2 aromatic rings. The van der Waals surface area contributed by atoms with Crippen molar-refractivity contribution >= 4 is 29.0 Å². The molecule has 2 aromatic carbocycles. The van der Waals surface area contributed by atoms with E-state index in [1.54, 1.807) is 30.3 Å². The summed E-state index contributed by atoms with van der Waals surface area (Å²) in [4.78, 5) is 12.1. The van der Waals surface area contributed by atoms with Crippen LogP contribution in [0, 0.1) is 12.7 Å². The Morgan fingerprint density at radius 1 is 1.16 bits per heavy atom. The molecule has 0 aromatic heterocycles. The highest BCUT2D eigenvalue weighted by molar-refractivity contribution is 6.31. The fourth-order valence-corrected chi connectivity index (χ4v) is 2.10. The van der Waals surface area contributed by atoms with Gasteiger partial charge in [0.1, 0.15) is 5.82 Å². The zero-order chi connectivity index (χ0) is 14.0. The molecule has 0 amide bonds. The Morgan fingerprint density at radius 3 is 2.58 bits per heavy atom. The Morgan fingerprint density at radius 2 is 1.89 bits per heavy atom. The van der Waals surface area contributed by atoms with E-state index in [-0.39, 0.29) is 22.8 Å². The van der Waals surface area contributed by atoms with Gasteiger partial charge in [0.25, 0.3) is 0 Å². The lowest BCUT2D eigenvalue weighted by Gasteiger charge is -2.05. The van der Waals surface area contributed by atoms with Crippen LogP contribution in [0.2, 0.25) is 10.0 Å². The van der Waals surface area contributed by atoms with Crippen molar-refractivity contribution in [1.82, 2.24) is 0 Å². The number of rotatable bonds is 3. The van der Waals surface area contributed by atoms with Crippen molar-refractivity contribution in [3.63, 3.8) is 0 Å². The van der Waals surface area contributed by atoms with Gasteiger partial charge in [0, 0.05) is 17.0 Å².